The molecule has 0 radical (unpaired) electrons. The van der Waals surface area contributed by atoms with Gasteiger partial charge in [0.2, 0.25) is 11.9 Å². The minimum Gasteiger partial charge on any atom is -0.387 e. The van der Waals surface area contributed by atoms with Gasteiger partial charge in [-0.15, -0.1) is 0 Å². The van der Waals surface area contributed by atoms with Gasteiger partial charge in [0.05, 0.1) is 17.0 Å². The molecule has 2 N–H and O–H groups in total. The monoisotopic (exact) mass is 393 g/mol. The number of nitrogens with one attached hydrogen (secondary N) is 1. The summed E-state index contributed by atoms with van der Waals surface area (Å²) in [5.74, 6) is 0.567. The fraction of sp³-hybridized carbons (Fsp3) is 0.600. The molecular weight excluding hydrogens is 369 g/mol. The second-order valence-corrected chi connectivity index (χ2v) is 8.38. The maximum atomic E-state index is 13.1. The Morgan fingerprint density at radius 1 is 1.41 bits per heavy atom. The molecule has 4 rings (SSSR count). The summed E-state index contributed by atoms with van der Waals surface area (Å²) < 4.78 is 15.2. The molecule has 1 atom stereocenters. The van der Waals surface area contributed by atoms with Gasteiger partial charge < -0.3 is 9.67 Å². The van der Waals surface area contributed by atoms with Gasteiger partial charge in [-0.2, -0.15) is 0 Å². The number of carbonyl (C=O) groups is 1. The second kappa shape index (κ2) is 7.06. The van der Waals surface area contributed by atoms with Gasteiger partial charge in [0.1, 0.15) is 17.8 Å². The van der Waals surface area contributed by atoms with Crippen molar-refractivity contribution in [1.29, 1.82) is 0 Å². The van der Waals surface area contributed by atoms with Crippen LogP contribution in [0.5, 0.6) is 0 Å². The molecule has 0 bridgehead atoms. The molecule has 146 valence electrons. The maximum absolute atomic E-state index is 13.1. The largest absolute Gasteiger partial charge is 0.387 e. The minimum absolute atomic E-state index is 0.173. The maximum Gasteiger partial charge on any atom is 0.229 e. The van der Waals surface area contributed by atoms with E-state index in [2.05, 4.69) is 20.9 Å². The topological polar surface area (TPSA) is 67.2 Å². The summed E-state index contributed by atoms with van der Waals surface area (Å²) in [5.41, 5.74) is 1.22. The van der Waals surface area contributed by atoms with Crippen molar-refractivity contribution in [2.24, 2.45) is 0 Å². The molecule has 7 heteroatoms. The van der Waals surface area contributed by atoms with Crippen LogP contribution in [0.2, 0.25) is 5.02 Å². The van der Waals surface area contributed by atoms with E-state index in [-0.39, 0.29) is 18.9 Å². The predicted octanol–water partition coefficient (Wildman–Crippen LogP) is 4.73. The van der Waals surface area contributed by atoms with E-state index in [1.807, 2.05) is 6.07 Å². The summed E-state index contributed by atoms with van der Waals surface area (Å²) >= 11 is 6.50. The van der Waals surface area contributed by atoms with E-state index < -0.39 is 18.2 Å². The number of nitrogens with zero attached hydrogens (tertiary/aromatic N) is 2. The van der Waals surface area contributed by atoms with Gasteiger partial charge in [0.15, 0.2) is 0 Å². The van der Waals surface area contributed by atoms with Crippen LogP contribution in [0.15, 0.2) is 12.1 Å². The van der Waals surface area contributed by atoms with Gasteiger partial charge in [-0.1, -0.05) is 18.5 Å². The molecule has 1 amide bonds. The number of anilines is 1. The number of carbonyl (C=O) groups excluding carboxylic acids is 1. The number of alkyl halides is 1. The standard InChI is InChI=1S/C20H25ClFN3O2/c1-2-20(27,11-22)10-17(26)23-19-24-18-15(21)8-13(12-6-7-12)9-16(18)25(19)14-4-3-5-14/h8-9,12,14,27H,2-7,10-11H2,1H3,(H,23,24,26). The fourth-order valence-corrected chi connectivity index (χ4v) is 3.93. The first kappa shape index (κ1) is 18.7. The molecule has 2 aromatic rings. The van der Waals surface area contributed by atoms with Crippen molar-refractivity contribution in [1.82, 2.24) is 9.55 Å². The Hall–Kier alpha value is -1.66. The molecule has 1 heterocycles. The third kappa shape index (κ3) is 3.57. The molecule has 2 saturated carbocycles. The van der Waals surface area contributed by atoms with Crippen molar-refractivity contribution in [3.63, 3.8) is 0 Å². The average molecular weight is 394 g/mol. The first-order chi connectivity index (χ1) is 12.9. The van der Waals surface area contributed by atoms with E-state index in [4.69, 9.17) is 11.6 Å². The number of amides is 1. The Morgan fingerprint density at radius 2 is 2.15 bits per heavy atom. The number of aromatic nitrogens is 2. The van der Waals surface area contributed by atoms with Crippen LogP contribution in [0.4, 0.5) is 10.3 Å². The molecule has 1 unspecified atom stereocenters. The summed E-state index contributed by atoms with van der Waals surface area (Å²) in [4.78, 5) is 17.0. The van der Waals surface area contributed by atoms with Gasteiger partial charge >= 0.3 is 0 Å². The molecular formula is C20H25ClFN3O2. The van der Waals surface area contributed by atoms with Crippen molar-refractivity contribution in [2.45, 2.75) is 69.4 Å². The highest BCUT2D eigenvalue weighted by Crippen LogP contribution is 2.44. The van der Waals surface area contributed by atoms with Gasteiger partial charge in [-0.3, -0.25) is 10.1 Å². The summed E-state index contributed by atoms with van der Waals surface area (Å²) in [5, 5.41) is 13.5. The van der Waals surface area contributed by atoms with Gasteiger partial charge in [0.25, 0.3) is 0 Å². The molecule has 0 aliphatic heterocycles. The smallest absolute Gasteiger partial charge is 0.229 e. The first-order valence-corrected chi connectivity index (χ1v) is 10.1. The predicted molar refractivity (Wildman–Crippen MR) is 104 cm³/mol. The zero-order valence-corrected chi connectivity index (χ0v) is 16.2. The van der Waals surface area contributed by atoms with Crippen LogP contribution in [-0.2, 0) is 4.79 Å². The van der Waals surface area contributed by atoms with Crippen LogP contribution in [0, 0.1) is 0 Å². The van der Waals surface area contributed by atoms with Crippen LogP contribution < -0.4 is 5.32 Å². The van der Waals surface area contributed by atoms with E-state index in [9.17, 15) is 14.3 Å². The number of benzene rings is 1. The van der Waals surface area contributed by atoms with Crippen molar-refractivity contribution in [2.75, 3.05) is 12.0 Å². The summed E-state index contributed by atoms with van der Waals surface area (Å²) in [7, 11) is 0. The summed E-state index contributed by atoms with van der Waals surface area (Å²) in [6, 6.07) is 4.40. The SMILES string of the molecule is CCC(O)(CF)CC(=O)Nc1nc2c(Cl)cc(C3CC3)cc2n1C1CCC1. The lowest BCUT2D eigenvalue weighted by atomic mass is 9.92. The second-order valence-electron chi connectivity index (χ2n) is 7.97. The quantitative estimate of drug-likeness (QED) is 0.714. The Kier molecular flexibility index (Phi) is 4.89. The molecule has 1 aromatic heterocycles. The molecule has 1 aromatic carbocycles. The van der Waals surface area contributed by atoms with Gasteiger partial charge in [-0.25, -0.2) is 9.37 Å². The zero-order chi connectivity index (χ0) is 19.2. The van der Waals surface area contributed by atoms with Crippen LogP contribution in [0.3, 0.4) is 0 Å². The summed E-state index contributed by atoms with van der Waals surface area (Å²) in [6.07, 6.45) is 5.45. The minimum atomic E-state index is -1.63. The number of hydrogen-bond acceptors (Lipinski definition) is 3. The molecule has 0 saturated heterocycles. The van der Waals surface area contributed by atoms with Crippen LogP contribution >= 0.6 is 11.6 Å². The Bertz CT molecular complexity index is 870. The number of fused-ring (bicyclic) bond motifs is 1. The fourth-order valence-electron chi connectivity index (χ4n) is 3.66. The summed E-state index contributed by atoms with van der Waals surface area (Å²) in [6.45, 7) is 0.710. The number of aliphatic hydroxyl groups is 1. The van der Waals surface area contributed by atoms with Crippen molar-refractivity contribution >= 4 is 34.5 Å². The highest BCUT2D eigenvalue weighted by atomic mass is 35.5. The number of rotatable bonds is 7. The van der Waals surface area contributed by atoms with E-state index in [1.165, 1.54) is 18.4 Å². The number of imidazole rings is 1. The molecule has 2 aliphatic rings. The third-order valence-electron chi connectivity index (χ3n) is 5.91. The lowest BCUT2D eigenvalue weighted by Crippen LogP contribution is -2.36. The lowest BCUT2D eigenvalue weighted by Gasteiger charge is -2.29. The molecule has 27 heavy (non-hydrogen) atoms. The third-order valence-corrected chi connectivity index (χ3v) is 6.20. The Labute approximate surface area is 162 Å². The Balaban J connectivity index is 1.69. The molecule has 5 nitrogen and oxygen atoms in total. The van der Waals surface area contributed by atoms with Crippen LogP contribution in [0.1, 0.15) is 69.4 Å². The van der Waals surface area contributed by atoms with Gasteiger partial charge in [-0.05, 0) is 62.1 Å². The zero-order valence-electron chi connectivity index (χ0n) is 15.5. The van der Waals surface area contributed by atoms with Crippen molar-refractivity contribution in [3.05, 3.63) is 22.7 Å². The van der Waals surface area contributed by atoms with E-state index in [0.29, 0.717) is 22.4 Å². The van der Waals surface area contributed by atoms with E-state index in [0.717, 1.165) is 24.8 Å². The number of hydrogen-bond donors (Lipinski definition) is 2. The highest BCUT2D eigenvalue weighted by molar-refractivity contribution is 6.35. The van der Waals surface area contributed by atoms with Crippen LogP contribution in [-0.4, -0.2) is 32.8 Å². The Morgan fingerprint density at radius 3 is 2.70 bits per heavy atom. The van der Waals surface area contributed by atoms with Crippen LogP contribution in [0.25, 0.3) is 11.0 Å². The normalized spacial score (nSPS) is 19.7. The highest BCUT2D eigenvalue weighted by Gasteiger charge is 2.32. The van der Waals surface area contributed by atoms with Crippen molar-refractivity contribution < 1.29 is 14.3 Å². The number of halogens is 2. The van der Waals surface area contributed by atoms with Crippen molar-refractivity contribution in [3.8, 4) is 0 Å². The molecule has 2 fully saturated rings. The van der Waals surface area contributed by atoms with Gasteiger partial charge in [0, 0.05) is 6.04 Å². The van der Waals surface area contributed by atoms with E-state index in [1.54, 1.807) is 6.92 Å². The van der Waals surface area contributed by atoms with E-state index >= 15 is 0 Å². The molecule has 0 spiro atoms. The first-order valence-electron chi connectivity index (χ1n) is 9.73. The lowest BCUT2D eigenvalue weighted by molar-refractivity contribution is -0.122. The average Bonchev–Trinajstić information content (AvgIpc) is 3.39. The molecule has 2 aliphatic carbocycles.